The first kappa shape index (κ1) is 16.0. The van der Waals surface area contributed by atoms with Crippen LogP contribution in [0.2, 0.25) is 0 Å². The second-order valence-corrected chi connectivity index (χ2v) is 8.13. The van der Waals surface area contributed by atoms with Gasteiger partial charge >= 0.3 is 0 Å². The van der Waals surface area contributed by atoms with Crippen LogP contribution in [0.1, 0.15) is 60.3 Å². The van der Waals surface area contributed by atoms with E-state index in [-0.39, 0.29) is 12.1 Å². The van der Waals surface area contributed by atoms with Crippen LogP contribution in [0.25, 0.3) is 0 Å². The number of pyridine rings is 1. The van der Waals surface area contributed by atoms with Crippen molar-refractivity contribution in [3.05, 3.63) is 52.0 Å². The molecule has 1 N–H and O–H groups in total. The summed E-state index contributed by atoms with van der Waals surface area (Å²) in [6.07, 6.45) is 8.36. The molecule has 2 aromatic rings. The molecular formula is C19H23N3S2. The number of hydrogen-bond acceptors (Lipinski definition) is 3. The van der Waals surface area contributed by atoms with Crippen LogP contribution in [0.3, 0.4) is 0 Å². The van der Waals surface area contributed by atoms with Crippen LogP contribution in [-0.2, 0) is 0 Å². The van der Waals surface area contributed by atoms with Crippen molar-refractivity contribution in [3.63, 3.8) is 0 Å². The summed E-state index contributed by atoms with van der Waals surface area (Å²) in [7, 11) is 0. The Kier molecular flexibility index (Phi) is 4.55. The maximum absolute atomic E-state index is 5.78. The van der Waals surface area contributed by atoms with E-state index < -0.39 is 0 Å². The maximum atomic E-state index is 5.78. The summed E-state index contributed by atoms with van der Waals surface area (Å²) >= 11 is 7.63. The van der Waals surface area contributed by atoms with Gasteiger partial charge in [-0.15, -0.1) is 11.3 Å². The Bertz CT molecular complexity index is 706. The Morgan fingerprint density at radius 3 is 2.71 bits per heavy atom. The molecule has 0 radical (unpaired) electrons. The average Bonchev–Trinajstić information content (AvgIpc) is 3.19. The molecule has 3 heterocycles. The number of hydrogen-bond donors (Lipinski definition) is 1. The van der Waals surface area contributed by atoms with Crippen LogP contribution < -0.4 is 5.32 Å². The van der Waals surface area contributed by atoms with Crippen LogP contribution in [0, 0.1) is 6.92 Å². The van der Waals surface area contributed by atoms with Gasteiger partial charge in [0.05, 0.1) is 17.8 Å². The van der Waals surface area contributed by atoms with Crippen molar-refractivity contribution >= 4 is 28.7 Å². The number of aromatic nitrogens is 1. The number of nitrogens with zero attached hydrogens (tertiary/aromatic N) is 2. The van der Waals surface area contributed by atoms with E-state index in [0.29, 0.717) is 6.04 Å². The van der Waals surface area contributed by atoms with Crippen molar-refractivity contribution in [1.29, 1.82) is 0 Å². The lowest BCUT2D eigenvalue weighted by Crippen LogP contribution is -2.40. The fraction of sp³-hybridized carbons (Fsp3) is 0.474. The highest BCUT2D eigenvalue weighted by Crippen LogP contribution is 2.44. The van der Waals surface area contributed by atoms with E-state index in [1.165, 1.54) is 42.5 Å². The Balaban J connectivity index is 1.75. The highest BCUT2D eigenvalue weighted by molar-refractivity contribution is 7.80. The van der Waals surface area contributed by atoms with Gasteiger partial charge in [0.15, 0.2) is 5.11 Å². The van der Waals surface area contributed by atoms with Gasteiger partial charge in [0.25, 0.3) is 0 Å². The van der Waals surface area contributed by atoms with E-state index in [4.69, 9.17) is 12.2 Å². The zero-order valence-electron chi connectivity index (χ0n) is 13.9. The molecule has 1 aliphatic carbocycles. The molecule has 2 fully saturated rings. The standard InChI is InChI=1S/C19H23N3S2/c1-13-10-12-24-18(13)17-16(15-9-5-6-11-20-15)21-19(23)22(17)14-7-3-2-4-8-14/h5-6,9-12,14,16-17H,2-4,7-8H2,1H3,(H,21,23). The summed E-state index contributed by atoms with van der Waals surface area (Å²) in [5.41, 5.74) is 2.44. The largest absolute Gasteiger partial charge is 0.352 e. The number of thiophene rings is 1. The molecule has 0 bridgehead atoms. The monoisotopic (exact) mass is 357 g/mol. The van der Waals surface area contributed by atoms with E-state index in [2.05, 4.69) is 45.7 Å². The molecule has 5 heteroatoms. The summed E-state index contributed by atoms with van der Waals surface area (Å²) in [6, 6.07) is 9.32. The van der Waals surface area contributed by atoms with Crippen molar-refractivity contribution in [3.8, 4) is 0 Å². The van der Waals surface area contributed by atoms with Crippen molar-refractivity contribution in [1.82, 2.24) is 15.2 Å². The van der Waals surface area contributed by atoms with Crippen LogP contribution in [0.5, 0.6) is 0 Å². The van der Waals surface area contributed by atoms with E-state index >= 15 is 0 Å². The number of aryl methyl sites for hydroxylation is 1. The highest BCUT2D eigenvalue weighted by atomic mass is 32.1. The molecule has 1 aliphatic heterocycles. The Hall–Kier alpha value is -1.46. The molecule has 0 aromatic carbocycles. The number of rotatable bonds is 3. The van der Waals surface area contributed by atoms with Crippen LogP contribution in [-0.4, -0.2) is 21.0 Å². The van der Waals surface area contributed by atoms with Gasteiger partial charge in [0.2, 0.25) is 0 Å². The van der Waals surface area contributed by atoms with Crippen LogP contribution in [0.15, 0.2) is 35.8 Å². The van der Waals surface area contributed by atoms with Gasteiger partial charge in [-0.05, 0) is 61.1 Å². The lowest BCUT2D eigenvalue weighted by molar-refractivity contribution is 0.199. The first-order valence-electron chi connectivity index (χ1n) is 8.79. The summed E-state index contributed by atoms with van der Waals surface area (Å²) in [5, 5.41) is 6.68. The molecule has 2 aliphatic rings. The third-order valence-electron chi connectivity index (χ3n) is 5.27. The van der Waals surface area contributed by atoms with Gasteiger partial charge in [0, 0.05) is 17.1 Å². The van der Waals surface area contributed by atoms with E-state index in [9.17, 15) is 0 Å². The van der Waals surface area contributed by atoms with Gasteiger partial charge in [-0.1, -0.05) is 25.3 Å². The Morgan fingerprint density at radius 2 is 2.04 bits per heavy atom. The molecule has 0 amide bonds. The number of nitrogens with one attached hydrogen (secondary N) is 1. The summed E-state index contributed by atoms with van der Waals surface area (Å²) in [4.78, 5) is 8.53. The third-order valence-corrected chi connectivity index (χ3v) is 6.69. The van der Waals surface area contributed by atoms with Gasteiger partial charge in [-0.3, -0.25) is 4.98 Å². The van der Waals surface area contributed by atoms with Crippen molar-refractivity contribution in [2.45, 2.75) is 57.2 Å². The Morgan fingerprint density at radius 1 is 1.21 bits per heavy atom. The number of thiocarbonyl (C=S) groups is 1. The summed E-state index contributed by atoms with van der Waals surface area (Å²) in [5.74, 6) is 0. The van der Waals surface area contributed by atoms with Crippen molar-refractivity contribution in [2.75, 3.05) is 0 Å². The minimum Gasteiger partial charge on any atom is -0.352 e. The van der Waals surface area contributed by atoms with Gasteiger partial charge in [0.1, 0.15) is 0 Å². The zero-order chi connectivity index (χ0) is 16.5. The quantitative estimate of drug-likeness (QED) is 0.802. The summed E-state index contributed by atoms with van der Waals surface area (Å²) in [6.45, 7) is 2.21. The van der Waals surface area contributed by atoms with Crippen molar-refractivity contribution < 1.29 is 0 Å². The summed E-state index contributed by atoms with van der Waals surface area (Å²) < 4.78 is 0. The molecule has 0 spiro atoms. The normalized spacial score (nSPS) is 25.0. The molecule has 126 valence electrons. The predicted octanol–water partition coefficient (Wildman–Crippen LogP) is 4.76. The first-order valence-corrected chi connectivity index (χ1v) is 10.1. The van der Waals surface area contributed by atoms with Crippen LogP contribution in [0.4, 0.5) is 0 Å². The van der Waals surface area contributed by atoms with Gasteiger partial charge in [-0.2, -0.15) is 0 Å². The molecule has 4 rings (SSSR count). The maximum Gasteiger partial charge on any atom is 0.170 e. The molecule has 1 saturated heterocycles. The molecular weight excluding hydrogens is 334 g/mol. The fourth-order valence-corrected chi connectivity index (χ4v) is 5.54. The molecule has 24 heavy (non-hydrogen) atoms. The van der Waals surface area contributed by atoms with Crippen molar-refractivity contribution in [2.24, 2.45) is 0 Å². The van der Waals surface area contributed by atoms with E-state index in [1.54, 1.807) is 0 Å². The highest BCUT2D eigenvalue weighted by Gasteiger charge is 2.44. The molecule has 2 unspecified atom stereocenters. The lowest BCUT2D eigenvalue weighted by atomic mass is 9.92. The zero-order valence-corrected chi connectivity index (χ0v) is 15.6. The molecule has 3 nitrogen and oxygen atoms in total. The first-order chi connectivity index (χ1) is 11.8. The molecule has 1 saturated carbocycles. The Labute approximate surface area is 153 Å². The molecule has 2 aromatic heterocycles. The van der Waals surface area contributed by atoms with Crippen LogP contribution >= 0.6 is 23.6 Å². The third kappa shape index (κ3) is 2.84. The van der Waals surface area contributed by atoms with E-state index in [1.807, 2.05) is 23.6 Å². The second-order valence-electron chi connectivity index (χ2n) is 6.79. The molecule has 2 atom stereocenters. The van der Waals surface area contributed by atoms with Gasteiger partial charge in [-0.25, -0.2) is 0 Å². The lowest BCUT2D eigenvalue weighted by Gasteiger charge is -2.37. The minimum atomic E-state index is 0.137. The second kappa shape index (κ2) is 6.81. The smallest absolute Gasteiger partial charge is 0.170 e. The predicted molar refractivity (Wildman–Crippen MR) is 103 cm³/mol. The van der Waals surface area contributed by atoms with E-state index in [0.717, 1.165) is 10.8 Å². The SMILES string of the molecule is Cc1ccsc1C1C(c2ccccn2)NC(=S)N1C1CCCCC1. The van der Waals surface area contributed by atoms with Gasteiger partial charge < -0.3 is 10.2 Å². The fourth-order valence-electron chi connectivity index (χ4n) is 4.09. The average molecular weight is 358 g/mol. The minimum absolute atomic E-state index is 0.137. The topological polar surface area (TPSA) is 28.2 Å².